The lowest BCUT2D eigenvalue weighted by Crippen LogP contribution is -2.48. The van der Waals surface area contributed by atoms with Crippen LogP contribution in [0.5, 0.6) is 0 Å². The molecule has 3 unspecified atom stereocenters. The number of hydrogen-bond donors (Lipinski definition) is 2. The fourth-order valence-corrected chi connectivity index (χ4v) is 4.83. The number of amides is 1. The zero-order valence-corrected chi connectivity index (χ0v) is 20.3. The fourth-order valence-electron chi connectivity index (χ4n) is 4.83. The molecule has 2 aliphatic rings. The second-order valence-corrected chi connectivity index (χ2v) is 9.11. The first-order valence-corrected chi connectivity index (χ1v) is 12.2. The second kappa shape index (κ2) is 12.2. The molecule has 0 aromatic heterocycles. The van der Waals surface area contributed by atoms with Crippen molar-refractivity contribution < 1.29 is 9.53 Å². The fraction of sp³-hybridized carbons (Fsp3) is 0.680. The summed E-state index contributed by atoms with van der Waals surface area (Å²) in [4.78, 5) is 21.7. The van der Waals surface area contributed by atoms with Gasteiger partial charge in [-0.2, -0.15) is 0 Å². The topological polar surface area (TPSA) is 69.2 Å². The Kier molecular flexibility index (Phi) is 9.36. The van der Waals surface area contributed by atoms with Crippen LogP contribution in [-0.2, 0) is 11.3 Å². The number of hydrogen-bond acceptors (Lipinski definition) is 4. The summed E-state index contributed by atoms with van der Waals surface area (Å²) >= 11 is 0. The molecular formula is C25H41N5O2. The number of rotatable bonds is 7. The molecule has 7 heteroatoms. The Morgan fingerprint density at radius 1 is 1.12 bits per heavy atom. The first-order chi connectivity index (χ1) is 15.5. The van der Waals surface area contributed by atoms with Crippen molar-refractivity contribution in [2.24, 2.45) is 4.99 Å². The van der Waals surface area contributed by atoms with Gasteiger partial charge in [0.25, 0.3) is 5.91 Å². The molecule has 3 rings (SSSR count). The molecule has 0 saturated carbocycles. The van der Waals surface area contributed by atoms with Crippen LogP contribution in [0.25, 0.3) is 0 Å². The molecule has 7 nitrogen and oxygen atoms in total. The van der Waals surface area contributed by atoms with Gasteiger partial charge in [-0.1, -0.05) is 25.5 Å². The molecule has 32 heavy (non-hydrogen) atoms. The van der Waals surface area contributed by atoms with Crippen molar-refractivity contribution in [1.29, 1.82) is 0 Å². The van der Waals surface area contributed by atoms with Crippen molar-refractivity contribution in [3.8, 4) is 0 Å². The molecule has 0 spiro atoms. The molecule has 2 heterocycles. The Morgan fingerprint density at radius 2 is 1.84 bits per heavy atom. The average Bonchev–Trinajstić information content (AvgIpc) is 2.80. The van der Waals surface area contributed by atoms with Crippen molar-refractivity contribution in [3.05, 3.63) is 35.4 Å². The number of nitrogens with one attached hydrogen (secondary N) is 2. The van der Waals surface area contributed by atoms with E-state index in [-0.39, 0.29) is 18.1 Å². The minimum atomic E-state index is 0.0760. The molecular weight excluding hydrogens is 402 g/mol. The van der Waals surface area contributed by atoms with Crippen LogP contribution < -0.4 is 10.6 Å². The quantitative estimate of drug-likeness (QED) is 0.501. The number of ether oxygens (including phenoxy) is 1. The smallest absolute Gasteiger partial charge is 0.254 e. The monoisotopic (exact) mass is 443 g/mol. The molecule has 0 aliphatic carbocycles. The van der Waals surface area contributed by atoms with Crippen LogP contribution in [0.1, 0.15) is 62.4 Å². The molecule has 2 N–H and O–H groups in total. The molecule has 0 bridgehead atoms. The van der Waals surface area contributed by atoms with Gasteiger partial charge in [0, 0.05) is 51.4 Å². The van der Waals surface area contributed by atoms with E-state index >= 15 is 0 Å². The first-order valence-electron chi connectivity index (χ1n) is 12.2. The highest BCUT2D eigenvalue weighted by Crippen LogP contribution is 2.18. The van der Waals surface area contributed by atoms with Gasteiger partial charge in [-0.25, -0.2) is 0 Å². The van der Waals surface area contributed by atoms with Crippen LogP contribution in [-0.4, -0.2) is 79.7 Å². The van der Waals surface area contributed by atoms with Crippen molar-refractivity contribution in [1.82, 2.24) is 20.4 Å². The zero-order chi connectivity index (χ0) is 22.9. The molecule has 1 aromatic carbocycles. The van der Waals surface area contributed by atoms with E-state index in [1.807, 2.05) is 43.0 Å². The van der Waals surface area contributed by atoms with Crippen molar-refractivity contribution in [2.45, 2.75) is 71.2 Å². The Morgan fingerprint density at radius 3 is 2.50 bits per heavy atom. The summed E-state index contributed by atoms with van der Waals surface area (Å²) in [5, 5.41) is 6.82. The average molecular weight is 444 g/mol. The van der Waals surface area contributed by atoms with Gasteiger partial charge in [0.15, 0.2) is 5.96 Å². The van der Waals surface area contributed by atoms with E-state index in [2.05, 4.69) is 27.4 Å². The van der Waals surface area contributed by atoms with E-state index in [4.69, 9.17) is 4.74 Å². The minimum Gasteiger partial charge on any atom is -0.372 e. The highest BCUT2D eigenvalue weighted by Gasteiger charge is 2.26. The SMILES string of the molecule is CCC1CCCCN1CCNC(=NC)NCc1ccc(C(=O)N2CC(C)OC(C)C2)cc1. The maximum absolute atomic E-state index is 12.8. The largest absolute Gasteiger partial charge is 0.372 e. The number of piperidine rings is 1. The lowest BCUT2D eigenvalue weighted by Gasteiger charge is -2.35. The van der Waals surface area contributed by atoms with Crippen LogP contribution in [0.3, 0.4) is 0 Å². The van der Waals surface area contributed by atoms with E-state index in [1.54, 1.807) is 7.05 Å². The molecule has 2 saturated heterocycles. The Bertz CT molecular complexity index is 741. The minimum absolute atomic E-state index is 0.0760. The van der Waals surface area contributed by atoms with Crippen LogP contribution >= 0.6 is 0 Å². The van der Waals surface area contributed by atoms with E-state index in [9.17, 15) is 4.79 Å². The van der Waals surface area contributed by atoms with Gasteiger partial charge in [-0.05, 0) is 57.4 Å². The van der Waals surface area contributed by atoms with Crippen molar-refractivity contribution >= 4 is 11.9 Å². The summed E-state index contributed by atoms with van der Waals surface area (Å²) in [6, 6.07) is 8.59. The number of morpholine rings is 1. The number of aliphatic imine (C=N–C) groups is 1. The Balaban J connectivity index is 1.44. The number of carbonyl (C=O) groups excluding carboxylic acids is 1. The number of guanidine groups is 1. The number of benzene rings is 1. The van der Waals surface area contributed by atoms with E-state index < -0.39 is 0 Å². The summed E-state index contributed by atoms with van der Waals surface area (Å²) in [5.74, 6) is 0.888. The standard InChI is InChI=1S/C25H41N5O2/c1-5-23-8-6-7-14-29(23)15-13-27-25(26-4)28-16-21-9-11-22(12-10-21)24(31)30-17-19(2)32-20(3)18-30/h9-12,19-20,23H,5-8,13-18H2,1-4H3,(H2,26,27,28). The lowest BCUT2D eigenvalue weighted by atomic mass is 10.0. The number of carbonyl (C=O) groups is 1. The predicted octanol–water partition coefficient (Wildman–Crippen LogP) is 2.87. The van der Waals surface area contributed by atoms with Gasteiger partial charge in [0.2, 0.25) is 0 Å². The normalized spacial score (nSPS) is 24.9. The third-order valence-corrected chi connectivity index (χ3v) is 6.50. The van der Waals surface area contributed by atoms with E-state index in [1.165, 1.54) is 32.2 Å². The molecule has 0 radical (unpaired) electrons. The molecule has 1 aromatic rings. The number of likely N-dealkylation sites (tertiary alicyclic amines) is 1. The molecule has 2 fully saturated rings. The van der Waals surface area contributed by atoms with Gasteiger partial charge >= 0.3 is 0 Å². The van der Waals surface area contributed by atoms with Gasteiger partial charge in [-0.3, -0.25) is 14.7 Å². The van der Waals surface area contributed by atoms with Gasteiger partial charge < -0.3 is 20.3 Å². The van der Waals surface area contributed by atoms with Crippen LogP contribution in [0.4, 0.5) is 0 Å². The molecule has 178 valence electrons. The summed E-state index contributed by atoms with van der Waals surface area (Å²) < 4.78 is 5.74. The summed E-state index contributed by atoms with van der Waals surface area (Å²) in [6.45, 7) is 11.4. The molecule has 1 amide bonds. The maximum Gasteiger partial charge on any atom is 0.254 e. The van der Waals surface area contributed by atoms with Crippen molar-refractivity contribution in [2.75, 3.05) is 39.8 Å². The summed E-state index contributed by atoms with van der Waals surface area (Å²) in [7, 11) is 1.80. The van der Waals surface area contributed by atoms with Crippen molar-refractivity contribution in [3.63, 3.8) is 0 Å². The van der Waals surface area contributed by atoms with Gasteiger partial charge in [-0.15, -0.1) is 0 Å². The first kappa shape index (κ1) is 24.5. The maximum atomic E-state index is 12.8. The number of nitrogens with zero attached hydrogens (tertiary/aromatic N) is 3. The third kappa shape index (κ3) is 6.94. The highest BCUT2D eigenvalue weighted by molar-refractivity contribution is 5.94. The Labute approximate surface area is 193 Å². The third-order valence-electron chi connectivity index (χ3n) is 6.50. The molecule has 3 atom stereocenters. The summed E-state index contributed by atoms with van der Waals surface area (Å²) in [5.41, 5.74) is 1.85. The predicted molar refractivity (Wildman–Crippen MR) is 130 cm³/mol. The van der Waals surface area contributed by atoms with Gasteiger partial charge in [0.05, 0.1) is 12.2 Å². The summed E-state index contributed by atoms with van der Waals surface area (Å²) in [6.07, 6.45) is 5.38. The lowest BCUT2D eigenvalue weighted by molar-refractivity contribution is -0.0586. The van der Waals surface area contributed by atoms with Crippen LogP contribution in [0.15, 0.2) is 29.3 Å². The highest BCUT2D eigenvalue weighted by atomic mass is 16.5. The molecule has 2 aliphatic heterocycles. The van der Waals surface area contributed by atoms with Crippen LogP contribution in [0, 0.1) is 0 Å². The van der Waals surface area contributed by atoms with Gasteiger partial charge in [0.1, 0.15) is 0 Å². The van der Waals surface area contributed by atoms with Crippen LogP contribution in [0.2, 0.25) is 0 Å². The zero-order valence-electron chi connectivity index (χ0n) is 20.3. The second-order valence-electron chi connectivity index (χ2n) is 9.11. The van der Waals surface area contributed by atoms with E-state index in [0.717, 1.165) is 36.2 Å². The van der Waals surface area contributed by atoms with E-state index in [0.29, 0.717) is 19.6 Å². The Hall–Kier alpha value is -2.12.